The van der Waals surface area contributed by atoms with Gasteiger partial charge in [-0.2, -0.15) is 0 Å². The molecule has 0 aliphatic rings. The van der Waals surface area contributed by atoms with Crippen molar-refractivity contribution in [3.8, 4) is 0 Å². The topological polar surface area (TPSA) is 43.4 Å². The minimum atomic E-state index is -0.647. The number of carbonyl (C=O) groups excluding carboxylic acids is 2. The fraction of sp³-hybridized carbons (Fsp3) is 0.0909. The monoisotopic (exact) mass is 222 g/mol. The van der Waals surface area contributed by atoms with Crippen molar-refractivity contribution in [2.24, 2.45) is 0 Å². The van der Waals surface area contributed by atoms with E-state index >= 15 is 0 Å². The Hall–Kier alpha value is -1.55. The lowest BCUT2D eigenvalue weighted by atomic mass is 10.4. The van der Waals surface area contributed by atoms with Crippen LogP contribution in [0.15, 0.2) is 46.7 Å². The average molecular weight is 222 g/mol. The van der Waals surface area contributed by atoms with Crippen molar-refractivity contribution in [2.75, 3.05) is 0 Å². The van der Waals surface area contributed by atoms with E-state index in [0.717, 1.165) is 4.90 Å². The molecule has 1 rings (SSSR count). The molecule has 0 aromatic heterocycles. The summed E-state index contributed by atoms with van der Waals surface area (Å²) in [4.78, 5) is 22.3. The second kappa shape index (κ2) is 6.03. The smallest absolute Gasteiger partial charge is 0.338 e. The van der Waals surface area contributed by atoms with Gasteiger partial charge in [0.05, 0.1) is 0 Å². The first-order valence-corrected chi connectivity index (χ1v) is 5.17. The number of esters is 2. The average Bonchev–Trinajstić information content (AvgIpc) is 2.18. The minimum Gasteiger partial charge on any atom is -0.390 e. The predicted octanol–water partition coefficient (Wildman–Crippen LogP) is 2.38. The Morgan fingerprint density at radius 2 is 1.93 bits per heavy atom. The lowest BCUT2D eigenvalue weighted by Gasteiger charge is -1.94. The third-order valence-corrected chi connectivity index (χ3v) is 2.21. The summed E-state index contributed by atoms with van der Waals surface area (Å²) in [5, 5.41) is 1.58. The van der Waals surface area contributed by atoms with E-state index in [0.29, 0.717) is 0 Å². The van der Waals surface area contributed by atoms with Crippen LogP contribution in [0.2, 0.25) is 0 Å². The molecule has 0 aliphatic heterocycles. The van der Waals surface area contributed by atoms with Gasteiger partial charge in [-0.3, -0.25) is 4.79 Å². The maximum absolute atomic E-state index is 10.9. The molecule has 0 fully saturated rings. The lowest BCUT2D eigenvalue weighted by Crippen LogP contribution is -2.04. The second-order valence-electron chi connectivity index (χ2n) is 2.65. The van der Waals surface area contributed by atoms with E-state index in [1.807, 2.05) is 30.3 Å². The number of rotatable bonds is 3. The molecule has 0 saturated heterocycles. The summed E-state index contributed by atoms with van der Waals surface area (Å²) >= 11 is 1.38. The highest BCUT2D eigenvalue weighted by atomic mass is 32.2. The summed E-state index contributed by atoms with van der Waals surface area (Å²) < 4.78 is 4.31. The Kier molecular flexibility index (Phi) is 4.63. The van der Waals surface area contributed by atoms with E-state index in [1.54, 1.807) is 5.41 Å². The van der Waals surface area contributed by atoms with Crippen molar-refractivity contribution in [3.63, 3.8) is 0 Å². The van der Waals surface area contributed by atoms with Gasteiger partial charge in [0.25, 0.3) is 0 Å². The first-order valence-electron chi connectivity index (χ1n) is 4.29. The molecule has 0 aliphatic carbocycles. The molecule has 0 amide bonds. The fourth-order valence-electron chi connectivity index (χ4n) is 0.843. The van der Waals surface area contributed by atoms with Crippen molar-refractivity contribution in [2.45, 2.75) is 11.8 Å². The van der Waals surface area contributed by atoms with E-state index < -0.39 is 11.9 Å². The maximum atomic E-state index is 10.9. The molecular weight excluding hydrogens is 212 g/mol. The van der Waals surface area contributed by atoms with Crippen LogP contribution in [0.1, 0.15) is 6.92 Å². The van der Waals surface area contributed by atoms with Crippen LogP contribution in [0, 0.1) is 0 Å². The van der Waals surface area contributed by atoms with E-state index in [4.69, 9.17) is 0 Å². The number of ether oxygens (including phenoxy) is 1. The van der Waals surface area contributed by atoms with Crippen LogP contribution >= 0.6 is 11.8 Å². The van der Waals surface area contributed by atoms with Gasteiger partial charge in [0.2, 0.25) is 0 Å². The molecular formula is C11H10O3S. The first-order chi connectivity index (χ1) is 7.18. The van der Waals surface area contributed by atoms with Crippen molar-refractivity contribution >= 4 is 23.7 Å². The van der Waals surface area contributed by atoms with Crippen LogP contribution in [0.3, 0.4) is 0 Å². The molecule has 1 aromatic carbocycles. The summed E-state index contributed by atoms with van der Waals surface area (Å²) in [6, 6.07) is 9.57. The summed E-state index contributed by atoms with van der Waals surface area (Å²) in [5.41, 5.74) is 0. The highest BCUT2D eigenvalue weighted by molar-refractivity contribution is 8.02. The lowest BCUT2D eigenvalue weighted by molar-refractivity contribution is -0.154. The Morgan fingerprint density at radius 3 is 2.53 bits per heavy atom. The summed E-state index contributed by atoms with van der Waals surface area (Å²) in [6.07, 6.45) is 1.22. The Labute approximate surface area is 92.1 Å². The van der Waals surface area contributed by atoms with Gasteiger partial charge in [0.15, 0.2) is 0 Å². The van der Waals surface area contributed by atoms with Crippen molar-refractivity contribution in [1.29, 1.82) is 0 Å². The molecule has 0 N–H and O–H groups in total. The number of thioether (sulfide) groups is 1. The van der Waals surface area contributed by atoms with Gasteiger partial charge in [0.1, 0.15) is 0 Å². The third-order valence-electron chi connectivity index (χ3n) is 1.40. The number of hydrogen-bond acceptors (Lipinski definition) is 4. The summed E-state index contributed by atoms with van der Waals surface area (Å²) in [6.45, 7) is 1.19. The quantitative estimate of drug-likeness (QED) is 0.341. The normalized spacial score (nSPS) is 10.2. The van der Waals surface area contributed by atoms with Gasteiger partial charge in [0, 0.05) is 17.9 Å². The minimum absolute atomic E-state index is 0.602. The van der Waals surface area contributed by atoms with Gasteiger partial charge in [-0.1, -0.05) is 30.0 Å². The molecule has 0 bridgehead atoms. The van der Waals surface area contributed by atoms with E-state index in [9.17, 15) is 9.59 Å². The van der Waals surface area contributed by atoms with Crippen LogP contribution in [-0.4, -0.2) is 11.9 Å². The highest BCUT2D eigenvalue weighted by Gasteiger charge is 1.99. The SMILES string of the molecule is CC(=O)OC(=O)C=CSc1ccccc1. The van der Waals surface area contributed by atoms with Gasteiger partial charge in [-0.25, -0.2) is 4.79 Å². The second-order valence-corrected chi connectivity index (χ2v) is 3.63. The molecule has 0 saturated carbocycles. The summed E-state index contributed by atoms with van der Waals surface area (Å²) in [7, 11) is 0. The Bertz CT molecular complexity index is 371. The molecule has 0 spiro atoms. The standard InChI is InChI=1S/C11H10O3S/c1-9(12)14-11(13)7-8-15-10-5-3-2-4-6-10/h2-8H,1H3. The van der Waals surface area contributed by atoms with Crippen molar-refractivity contribution in [1.82, 2.24) is 0 Å². The van der Waals surface area contributed by atoms with E-state index in [1.165, 1.54) is 24.8 Å². The largest absolute Gasteiger partial charge is 0.390 e. The number of carbonyl (C=O) groups is 2. The van der Waals surface area contributed by atoms with E-state index in [2.05, 4.69) is 4.74 Å². The molecule has 1 aromatic rings. The van der Waals surface area contributed by atoms with Gasteiger partial charge >= 0.3 is 11.9 Å². The van der Waals surface area contributed by atoms with Gasteiger partial charge < -0.3 is 4.74 Å². The molecule has 78 valence electrons. The molecule has 0 heterocycles. The van der Waals surface area contributed by atoms with E-state index in [-0.39, 0.29) is 0 Å². The van der Waals surface area contributed by atoms with Crippen LogP contribution in [0.25, 0.3) is 0 Å². The van der Waals surface area contributed by atoms with Gasteiger partial charge in [-0.15, -0.1) is 0 Å². The molecule has 0 unspecified atom stereocenters. The van der Waals surface area contributed by atoms with Gasteiger partial charge in [-0.05, 0) is 17.5 Å². The molecule has 0 atom stereocenters. The molecule has 4 heteroatoms. The molecule has 15 heavy (non-hydrogen) atoms. The molecule has 3 nitrogen and oxygen atoms in total. The van der Waals surface area contributed by atoms with Crippen molar-refractivity contribution < 1.29 is 14.3 Å². The zero-order valence-electron chi connectivity index (χ0n) is 8.17. The zero-order valence-corrected chi connectivity index (χ0v) is 8.99. The Morgan fingerprint density at radius 1 is 1.27 bits per heavy atom. The van der Waals surface area contributed by atoms with Crippen LogP contribution in [0.5, 0.6) is 0 Å². The highest BCUT2D eigenvalue weighted by Crippen LogP contribution is 2.17. The van der Waals surface area contributed by atoms with Crippen LogP contribution in [0.4, 0.5) is 0 Å². The maximum Gasteiger partial charge on any atom is 0.338 e. The van der Waals surface area contributed by atoms with Crippen LogP contribution < -0.4 is 0 Å². The summed E-state index contributed by atoms with van der Waals surface area (Å²) in [5.74, 6) is -1.25. The first kappa shape index (κ1) is 11.5. The zero-order chi connectivity index (χ0) is 11.1. The fourth-order valence-corrected chi connectivity index (χ4v) is 1.49. The third kappa shape index (κ3) is 5.02. The molecule has 0 radical (unpaired) electrons. The number of benzene rings is 1. The predicted molar refractivity (Wildman–Crippen MR) is 58.2 cm³/mol. The van der Waals surface area contributed by atoms with Crippen LogP contribution in [-0.2, 0) is 14.3 Å². The Balaban J connectivity index is 2.40. The number of hydrogen-bond donors (Lipinski definition) is 0. The van der Waals surface area contributed by atoms with Crippen molar-refractivity contribution in [3.05, 3.63) is 41.8 Å².